The molecule has 0 unspecified atom stereocenters. The SMILES string of the molecule is COc1cc(C=Cc2ccccc2F)cc(OC)c1C(C)C. The van der Waals surface area contributed by atoms with E-state index >= 15 is 0 Å². The van der Waals surface area contributed by atoms with Crippen LogP contribution in [0.15, 0.2) is 36.4 Å². The van der Waals surface area contributed by atoms with Crippen LogP contribution in [0.1, 0.15) is 36.5 Å². The molecule has 0 radical (unpaired) electrons. The number of hydrogen-bond donors (Lipinski definition) is 0. The molecule has 0 heterocycles. The predicted octanol–water partition coefficient (Wildman–Crippen LogP) is 5.14. The first-order valence-electron chi connectivity index (χ1n) is 7.25. The van der Waals surface area contributed by atoms with Gasteiger partial charge in [0.25, 0.3) is 0 Å². The maximum Gasteiger partial charge on any atom is 0.130 e. The average molecular weight is 300 g/mol. The van der Waals surface area contributed by atoms with Crippen molar-refractivity contribution in [2.75, 3.05) is 14.2 Å². The van der Waals surface area contributed by atoms with Gasteiger partial charge in [0.15, 0.2) is 0 Å². The summed E-state index contributed by atoms with van der Waals surface area (Å²) < 4.78 is 24.6. The normalized spacial score (nSPS) is 11.2. The van der Waals surface area contributed by atoms with E-state index in [0.717, 1.165) is 22.6 Å². The first-order chi connectivity index (χ1) is 10.6. The molecule has 0 saturated carbocycles. The molecule has 0 atom stereocenters. The summed E-state index contributed by atoms with van der Waals surface area (Å²) in [6.45, 7) is 4.18. The second-order valence-corrected chi connectivity index (χ2v) is 5.35. The molecule has 0 saturated heterocycles. The third-order valence-corrected chi connectivity index (χ3v) is 3.50. The predicted molar refractivity (Wildman–Crippen MR) is 89.0 cm³/mol. The quantitative estimate of drug-likeness (QED) is 0.712. The summed E-state index contributed by atoms with van der Waals surface area (Å²) in [6.07, 6.45) is 3.60. The Bertz CT molecular complexity index is 650. The lowest BCUT2D eigenvalue weighted by Gasteiger charge is -2.17. The highest BCUT2D eigenvalue weighted by atomic mass is 19.1. The summed E-state index contributed by atoms with van der Waals surface area (Å²) in [6, 6.07) is 10.6. The van der Waals surface area contributed by atoms with Crippen LogP contribution < -0.4 is 9.47 Å². The molecule has 0 aliphatic rings. The molecule has 0 spiro atoms. The van der Waals surface area contributed by atoms with Gasteiger partial charge in [-0.3, -0.25) is 0 Å². The summed E-state index contributed by atoms with van der Waals surface area (Å²) >= 11 is 0. The Labute approximate surface area is 131 Å². The standard InChI is InChI=1S/C19H21FO2/c1-13(2)19-17(21-3)11-14(12-18(19)22-4)9-10-15-7-5-6-8-16(15)20/h5-13H,1-4H3. The van der Waals surface area contributed by atoms with Crippen molar-refractivity contribution in [2.45, 2.75) is 19.8 Å². The van der Waals surface area contributed by atoms with Crippen LogP contribution >= 0.6 is 0 Å². The van der Waals surface area contributed by atoms with E-state index in [1.807, 2.05) is 24.3 Å². The van der Waals surface area contributed by atoms with Crippen LogP contribution in [-0.4, -0.2) is 14.2 Å². The third-order valence-electron chi connectivity index (χ3n) is 3.50. The van der Waals surface area contributed by atoms with Gasteiger partial charge in [-0.1, -0.05) is 44.2 Å². The maximum atomic E-state index is 13.7. The fourth-order valence-electron chi connectivity index (χ4n) is 2.42. The minimum atomic E-state index is -0.239. The van der Waals surface area contributed by atoms with Gasteiger partial charge in [-0.2, -0.15) is 0 Å². The van der Waals surface area contributed by atoms with Crippen LogP contribution in [0, 0.1) is 5.82 Å². The Balaban J connectivity index is 2.42. The van der Waals surface area contributed by atoms with E-state index in [0.29, 0.717) is 5.56 Å². The second kappa shape index (κ2) is 7.12. The molecule has 0 N–H and O–H groups in total. The minimum Gasteiger partial charge on any atom is -0.496 e. The third kappa shape index (κ3) is 3.48. The van der Waals surface area contributed by atoms with Gasteiger partial charge in [0.05, 0.1) is 14.2 Å². The number of ether oxygens (including phenoxy) is 2. The summed E-state index contributed by atoms with van der Waals surface area (Å²) in [5.41, 5.74) is 2.49. The number of methoxy groups -OCH3 is 2. The topological polar surface area (TPSA) is 18.5 Å². The van der Waals surface area contributed by atoms with Crippen molar-refractivity contribution in [3.63, 3.8) is 0 Å². The number of halogens is 1. The van der Waals surface area contributed by atoms with Crippen molar-refractivity contribution >= 4 is 12.2 Å². The van der Waals surface area contributed by atoms with Crippen molar-refractivity contribution < 1.29 is 13.9 Å². The molecule has 0 aliphatic carbocycles. The molecule has 0 bridgehead atoms. The van der Waals surface area contributed by atoms with Crippen LogP contribution in [0.5, 0.6) is 11.5 Å². The highest BCUT2D eigenvalue weighted by molar-refractivity contribution is 5.72. The first kappa shape index (κ1) is 16.1. The minimum absolute atomic E-state index is 0.239. The number of benzene rings is 2. The zero-order chi connectivity index (χ0) is 16.1. The van der Waals surface area contributed by atoms with E-state index < -0.39 is 0 Å². The lowest BCUT2D eigenvalue weighted by atomic mass is 9.98. The Kier molecular flexibility index (Phi) is 5.21. The molecule has 0 fully saturated rings. The monoisotopic (exact) mass is 300 g/mol. The molecular formula is C19H21FO2. The summed E-state index contributed by atoms with van der Waals surface area (Å²) in [7, 11) is 3.29. The van der Waals surface area contributed by atoms with Crippen molar-refractivity contribution in [3.05, 3.63) is 58.9 Å². The fraction of sp³-hybridized carbons (Fsp3) is 0.263. The van der Waals surface area contributed by atoms with E-state index in [2.05, 4.69) is 13.8 Å². The highest BCUT2D eigenvalue weighted by Gasteiger charge is 2.14. The lowest BCUT2D eigenvalue weighted by molar-refractivity contribution is 0.382. The molecule has 116 valence electrons. The summed E-state index contributed by atoms with van der Waals surface area (Å²) in [5.74, 6) is 1.61. The largest absolute Gasteiger partial charge is 0.496 e. The van der Waals surface area contributed by atoms with Crippen LogP contribution in [0.3, 0.4) is 0 Å². The maximum absolute atomic E-state index is 13.7. The van der Waals surface area contributed by atoms with Gasteiger partial charge in [0.2, 0.25) is 0 Å². The van der Waals surface area contributed by atoms with Gasteiger partial charge in [0.1, 0.15) is 17.3 Å². The molecule has 0 amide bonds. The Morgan fingerprint density at radius 3 is 2.05 bits per heavy atom. The van der Waals surface area contributed by atoms with Gasteiger partial charge in [-0.25, -0.2) is 4.39 Å². The Morgan fingerprint density at radius 1 is 0.955 bits per heavy atom. The van der Waals surface area contributed by atoms with Gasteiger partial charge in [-0.05, 0) is 29.7 Å². The number of hydrogen-bond acceptors (Lipinski definition) is 2. The van der Waals surface area contributed by atoms with E-state index in [1.54, 1.807) is 32.4 Å². The van der Waals surface area contributed by atoms with E-state index in [-0.39, 0.29) is 11.7 Å². The molecule has 0 aliphatic heterocycles. The van der Waals surface area contributed by atoms with Gasteiger partial charge in [0, 0.05) is 11.1 Å². The molecular weight excluding hydrogens is 279 g/mol. The van der Waals surface area contributed by atoms with Gasteiger partial charge >= 0.3 is 0 Å². The zero-order valence-electron chi connectivity index (χ0n) is 13.4. The van der Waals surface area contributed by atoms with Crippen LogP contribution in [-0.2, 0) is 0 Å². The van der Waals surface area contributed by atoms with Crippen molar-refractivity contribution in [2.24, 2.45) is 0 Å². The molecule has 2 nitrogen and oxygen atoms in total. The van der Waals surface area contributed by atoms with Crippen LogP contribution in [0.25, 0.3) is 12.2 Å². The van der Waals surface area contributed by atoms with E-state index in [1.165, 1.54) is 6.07 Å². The van der Waals surface area contributed by atoms with E-state index in [4.69, 9.17) is 9.47 Å². The Morgan fingerprint density at radius 2 is 1.55 bits per heavy atom. The molecule has 2 aromatic rings. The number of rotatable bonds is 5. The molecule has 2 aromatic carbocycles. The lowest BCUT2D eigenvalue weighted by Crippen LogP contribution is -1.99. The second-order valence-electron chi connectivity index (χ2n) is 5.35. The van der Waals surface area contributed by atoms with Crippen LogP contribution in [0.2, 0.25) is 0 Å². The Hall–Kier alpha value is -2.29. The molecule has 0 aromatic heterocycles. The van der Waals surface area contributed by atoms with Gasteiger partial charge < -0.3 is 9.47 Å². The zero-order valence-corrected chi connectivity index (χ0v) is 13.4. The molecule has 22 heavy (non-hydrogen) atoms. The fourth-order valence-corrected chi connectivity index (χ4v) is 2.42. The summed E-state index contributed by atoms with van der Waals surface area (Å²) in [5, 5.41) is 0. The molecule has 3 heteroatoms. The van der Waals surface area contributed by atoms with E-state index in [9.17, 15) is 4.39 Å². The summed E-state index contributed by atoms with van der Waals surface area (Å²) in [4.78, 5) is 0. The average Bonchev–Trinajstić information content (AvgIpc) is 2.52. The van der Waals surface area contributed by atoms with Crippen LogP contribution in [0.4, 0.5) is 4.39 Å². The molecule has 2 rings (SSSR count). The van der Waals surface area contributed by atoms with Crippen molar-refractivity contribution in [1.82, 2.24) is 0 Å². The van der Waals surface area contributed by atoms with Crippen molar-refractivity contribution in [3.8, 4) is 11.5 Å². The van der Waals surface area contributed by atoms with Gasteiger partial charge in [-0.15, -0.1) is 0 Å². The smallest absolute Gasteiger partial charge is 0.130 e. The first-order valence-corrected chi connectivity index (χ1v) is 7.25. The van der Waals surface area contributed by atoms with Crippen molar-refractivity contribution in [1.29, 1.82) is 0 Å². The highest BCUT2D eigenvalue weighted by Crippen LogP contribution is 2.36.